The minimum Gasteiger partial charge on any atom is -0.423 e. The van der Waals surface area contributed by atoms with Crippen molar-refractivity contribution in [2.75, 3.05) is 0 Å². The summed E-state index contributed by atoms with van der Waals surface area (Å²) in [6, 6.07) is 4.64. The van der Waals surface area contributed by atoms with Crippen LogP contribution >= 0.6 is 0 Å². The zero-order chi connectivity index (χ0) is 19.9. The van der Waals surface area contributed by atoms with Gasteiger partial charge in [-0.25, -0.2) is 14.4 Å². The average molecular weight is 374 g/mol. The molecule has 0 aliphatic rings. The Hall–Kier alpha value is -2.80. The third-order valence-corrected chi connectivity index (χ3v) is 2.84. The highest BCUT2D eigenvalue weighted by atomic mass is 17.1. The lowest BCUT2D eigenvalue weighted by molar-refractivity contribution is -0.504. The minimum atomic E-state index is -1.37. The Balaban J connectivity index is 2.55. The van der Waals surface area contributed by atoms with Crippen LogP contribution in [0.15, 0.2) is 24.3 Å². The van der Waals surface area contributed by atoms with Crippen LogP contribution in [0.2, 0.25) is 0 Å². The van der Waals surface area contributed by atoms with E-state index in [-0.39, 0.29) is 11.4 Å². The zero-order valence-electron chi connectivity index (χ0n) is 14.1. The summed E-state index contributed by atoms with van der Waals surface area (Å²) in [5.41, 5.74) is -0.186. The molecule has 0 heterocycles. The molecule has 2 atom stereocenters. The quantitative estimate of drug-likeness (QED) is 0.225. The smallest absolute Gasteiger partial charge is 0.423 e. The molecule has 0 bridgehead atoms. The zero-order valence-corrected chi connectivity index (χ0v) is 14.1. The molecule has 144 valence electrons. The van der Waals surface area contributed by atoms with E-state index in [0.717, 1.165) is 12.1 Å². The Bertz CT molecular complexity index is 631. The van der Waals surface area contributed by atoms with Crippen molar-refractivity contribution >= 4 is 17.8 Å². The van der Waals surface area contributed by atoms with Gasteiger partial charge in [-0.2, -0.15) is 0 Å². The van der Waals surface area contributed by atoms with E-state index in [1.165, 1.54) is 19.1 Å². The first-order chi connectivity index (χ1) is 12.1. The van der Waals surface area contributed by atoms with Crippen molar-refractivity contribution in [1.29, 1.82) is 0 Å². The molecule has 1 rings (SSSR count). The molecule has 0 aromatic heterocycles. The van der Waals surface area contributed by atoms with E-state index >= 15 is 0 Å². The number of hydrogen-bond donors (Lipinski definition) is 2. The summed E-state index contributed by atoms with van der Waals surface area (Å²) in [6.45, 7) is 4.34. The molecule has 0 fully saturated rings. The highest BCUT2D eigenvalue weighted by molar-refractivity contribution is 5.75. The van der Waals surface area contributed by atoms with Crippen molar-refractivity contribution in [2.45, 2.75) is 33.2 Å². The van der Waals surface area contributed by atoms with Crippen molar-refractivity contribution in [3.8, 4) is 5.75 Å². The van der Waals surface area contributed by atoms with Crippen molar-refractivity contribution in [3.63, 3.8) is 0 Å². The lowest BCUT2D eigenvalue weighted by atomic mass is 10.1. The van der Waals surface area contributed by atoms with Crippen LogP contribution in [0.4, 0.5) is 10.5 Å². The predicted molar refractivity (Wildman–Crippen MR) is 80.9 cm³/mol. The minimum absolute atomic E-state index is 0.0151. The van der Waals surface area contributed by atoms with Gasteiger partial charge in [-0.1, -0.05) is 13.8 Å². The summed E-state index contributed by atoms with van der Waals surface area (Å²) in [5, 5.41) is 27.2. The number of ether oxygens (including phenoxy) is 3. The standard InChI is InChI=1S/C14H18N2O10/c1-8(2)12(26-16(21)22)13(17)23-9(3)24-14(18)25-11-6-4-10(5-7-11)15(19)20/h4-9,12,21-22H,1-3H3/t9?,12-/m0/s1. The topological polar surface area (TPSA) is 158 Å². The number of non-ortho nitro benzene ring substituents is 1. The third-order valence-electron chi connectivity index (χ3n) is 2.84. The fraction of sp³-hybridized carbons (Fsp3) is 0.429. The van der Waals surface area contributed by atoms with Gasteiger partial charge in [0.2, 0.25) is 6.29 Å². The van der Waals surface area contributed by atoms with Gasteiger partial charge in [0.05, 0.1) is 10.3 Å². The van der Waals surface area contributed by atoms with Crippen LogP contribution in [0, 0.1) is 16.0 Å². The van der Waals surface area contributed by atoms with Crippen LogP contribution in [0.1, 0.15) is 20.8 Å². The van der Waals surface area contributed by atoms with Gasteiger partial charge in [-0.05, 0) is 18.1 Å². The molecule has 1 aromatic carbocycles. The molecule has 12 nitrogen and oxygen atoms in total. The molecular weight excluding hydrogens is 356 g/mol. The Kier molecular flexibility index (Phi) is 7.86. The maximum absolute atomic E-state index is 11.9. The molecule has 0 saturated heterocycles. The maximum Gasteiger partial charge on any atom is 0.516 e. The molecule has 0 spiro atoms. The van der Waals surface area contributed by atoms with Gasteiger partial charge >= 0.3 is 12.1 Å². The molecule has 0 amide bonds. The summed E-state index contributed by atoms with van der Waals surface area (Å²) in [4.78, 5) is 37.9. The van der Waals surface area contributed by atoms with Crippen molar-refractivity contribution in [2.24, 2.45) is 5.92 Å². The van der Waals surface area contributed by atoms with E-state index in [9.17, 15) is 19.7 Å². The average Bonchev–Trinajstić information content (AvgIpc) is 2.52. The van der Waals surface area contributed by atoms with Crippen molar-refractivity contribution in [1.82, 2.24) is 5.39 Å². The second kappa shape index (κ2) is 9.62. The molecule has 1 aromatic rings. The SMILES string of the molecule is CC(OC(=O)Oc1ccc([N+](=O)[O-])cc1)OC(=O)[C@@H](ON(O)O)C(C)C. The summed E-state index contributed by atoms with van der Waals surface area (Å²) in [5.74, 6) is -1.51. The summed E-state index contributed by atoms with van der Waals surface area (Å²) >= 11 is 0. The fourth-order valence-corrected chi connectivity index (χ4v) is 1.68. The molecule has 12 heteroatoms. The van der Waals surface area contributed by atoms with Crippen LogP contribution in [0.25, 0.3) is 0 Å². The summed E-state index contributed by atoms with van der Waals surface area (Å²) in [6.07, 6.45) is -3.95. The monoisotopic (exact) mass is 374 g/mol. The number of nitro groups is 1. The summed E-state index contributed by atoms with van der Waals surface area (Å²) < 4.78 is 14.3. The van der Waals surface area contributed by atoms with Gasteiger partial charge < -0.3 is 14.2 Å². The van der Waals surface area contributed by atoms with Gasteiger partial charge in [0.15, 0.2) is 6.10 Å². The molecule has 1 unspecified atom stereocenters. The molecule has 0 aliphatic carbocycles. The van der Waals surface area contributed by atoms with Crippen molar-refractivity contribution in [3.05, 3.63) is 34.4 Å². The largest absolute Gasteiger partial charge is 0.516 e. The number of hydrogen-bond acceptors (Lipinski definition) is 11. The second-order valence-corrected chi connectivity index (χ2v) is 5.25. The first-order valence-corrected chi connectivity index (χ1v) is 7.28. The van der Waals surface area contributed by atoms with E-state index in [0.29, 0.717) is 0 Å². The first kappa shape index (κ1) is 21.2. The lowest BCUT2D eigenvalue weighted by Gasteiger charge is -2.22. The van der Waals surface area contributed by atoms with Gasteiger partial charge in [0, 0.05) is 19.1 Å². The predicted octanol–water partition coefficient (Wildman–Crippen LogP) is 2.04. The number of carbonyl (C=O) groups is 2. The Labute approximate surface area is 147 Å². The highest BCUT2D eigenvalue weighted by Crippen LogP contribution is 2.18. The van der Waals surface area contributed by atoms with Crippen LogP contribution in [0.5, 0.6) is 5.75 Å². The van der Waals surface area contributed by atoms with Gasteiger partial charge in [0.25, 0.3) is 5.69 Å². The Morgan fingerprint density at radius 2 is 1.69 bits per heavy atom. The van der Waals surface area contributed by atoms with Crippen molar-refractivity contribution < 1.29 is 44.0 Å². The van der Waals surface area contributed by atoms with Crippen LogP contribution in [-0.2, 0) is 19.1 Å². The molecule has 0 radical (unpaired) electrons. The Morgan fingerprint density at radius 3 is 2.15 bits per heavy atom. The lowest BCUT2D eigenvalue weighted by Crippen LogP contribution is -2.38. The molecule has 2 N–H and O–H groups in total. The van der Waals surface area contributed by atoms with Crippen LogP contribution in [-0.4, -0.2) is 45.2 Å². The van der Waals surface area contributed by atoms with Gasteiger partial charge in [-0.3, -0.25) is 20.5 Å². The van der Waals surface area contributed by atoms with E-state index in [4.69, 9.17) is 24.6 Å². The molecule has 0 aliphatic heterocycles. The van der Waals surface area contributed by atoms with E-state index in [2.05, 4.69) is 4.84 Å². The number of benzene rings is 1. The van der Waals surface area contributed by atoms with Gasteiger partial charge in [0.1, 0.15) is 5.75 Å². The van der Waals surface area contributed by atoms with Crippen LogP contribution in [0.3, 0.4) is 0 Å². The second-order valence-electron chi connectivity index (χ2n) is 5.25. The number of esters is 1. The van der Waals surface area contributed by atoms with E-state index in [1.807, 2.05) is 0 Å². The third kappa shape index (κ3) is 6.98. The Morgan fingerprint density at radius 1 is 1.12 bits per heavy atom. The number of rotatable bonds is 8. The van der Waals surface area contributed by atoms with Gasteiger partial charge in [-0.15, -0.1) is 0 Å². The molecule has 26 heavy (non-hydrogen) atoms. The van der Waals surface area contributed by atoms with E-state index < -0.39 is 40.7 Å². The highest BCUT2D eigenvalue weighted by Gasteiger charge is 2.29. The fourth-order valence-electron chi connectivity index (χ4n) is 1.68. The number of nitro benzene ring substituents is 1. The normalized spacial score (nSPS) is 13.2. The number of nitrogens with zero attached hydrogens (tertiary/aromatic N) is 2. The summed E-state index contributed by atoms with van der Waals surface area (Å²) in [7, 11) is 0. The molecular formula is C14H18N2O10. The molecule has 0 saturated carbocycles. The number of carbonyl (C=O) groups excluding carboxylic acids is 2. The van der Waals surface area contributed by atoms with E-state index in [1.54, 1.807) is 13.8 Å². The maximum atomic E-state index is 11.9. The first-order valence-electron chi connectivity index (χ1n) is 7.28. The van der Waals surface area contributed by atoms with Crippen LogP contribution < -0.4 is 4.74 Å².